The molecule has 13 nitrogen and oxygen atoms in total. The van der Waals surface area contributed by atoms with E-state index in [4.69, 9.17) is 10.7 Å². The molecule has 5 aromatic heterocycles. The van der Waals surface area contributed by atoms with Crippen LogP contribution in [0.2, 0.25) is 0 Å². The Labute approximate surface area is 228 Å². The zero-order valence-electron chi connectivity index (χ0n) is 22.0. The number of piperidine rings is 1. The second-order valence-electron chi connectivity index (χ2n) is 10.5. The smallest absolute Gasteiger partial charge is 0.294 e. The second kappa shape index (κ2) is 9.07. The van der Waals surface area contributed by atoms with Crippen molar-refractivity contribution in [3.8, 4) is 22.6 Å². The molecule has 0 aromatic carbocycles. The summed E-state index contributed by atoms with van der Waals surface area (Å²) in [5.74, 6) is 1.38. The number of aryl methyl sites for hydroxylation is 1. The van der Waals surface area contributed by atoms with Gasteiger partial charge in [0.05, 0.1) is 17.5 Å². The fraction of sp³-hybridized carbons (Fsp3) is 0.333. The highest BCUT2D eigenvalue weighted by Gasteiger charge is 2.46. The van der Waals surface area contributed by atoms with Crippen molar-refractivity contribution in [3.05, 3.63) is 59.8 Å². The van der Waals surface area contributed by atoms with Crippen molar-refractivity contribution in [2.75, 3.05) is 5.73 Å². The summed E-state index contributed by atoms with van der Waals surface area (Å²) in [5, 5.41) is 11.3. The molecule has 13 heteroatoms. The fourth-order valence-corrected chi connectivity index (χ4v) is 6.28. The zero-order valence-corrected chi connectivity index (χ0v) is 22.0. The van der Waals surface area contributed by atoms with Crippen molar-refractivity contribution < 1.29 is 9.59 Å². The van der Waals surface area contributed by atoms with E-state index >= 15 is 0 Å². The van der Waals surface area contributed by atoms with E-state index in [-0.39, 0.29) is 41.3 Å². The van der Waals surface area contributed by atoms with Gasteiger partial charge in [0.25, 0.3) is 5.91 Å². The number of aromatic amines is 2. The average molecular weight is 538 g/mol. The molecule has 2 bridgehead atoms. The van der Waals surface area contributed by atoms with Gasteiger partial charge >= 0.3 is 0 Å². The number of nitrogens with two attached hydrogens (primary N) is 1. The maximum atomic E-state index is 13.3. The van der Waals surface area contributed by atoms with Crippen molar-refractivity contribution in [2.45, 2.75) is 57.5 Å². The molecule has 2 saturated heterocycles. The predicted molar refractivity (Wildman–Crippen MR) is 144 cm³/mol. The van der Waals surface area contributed by atoms with Gasteiger partial charge in [0.15, 0.2) is 17.3 Å². The number of carbonyl (C=O) groups is 2. The Morgan fingerprint density at radius 2 is 1.88 bits per heavy atom. The molecule has 0 radical (unpaired) electrons. The van der Waals surface area contributed by atoms with Crippen LogP contribution in [0.15, 0.2) is 36.9 Å². The number of fused-ring (bicyclic) bond motifs is 3. The Morgan fingerprint density at radius 3 is 2.50 bits per heavy atom. The number of nitrogens with one attached hydrogen (secondary N) is 2. The van der Waals surface area contributed by atoms with E-state index in [1.165, 1.54) is 11.4 Å². The van der Waals surface area contributed by atoms with E-state index in [0.717, 1.165) is 24.0 Å². The number of ketones is 1. The lowest BCUT2D eigenvalue weighted by Gasteiger charge is -2.38. The quantitative estimate of drug-likeness (QED) is 0.284. The SMILES string of the molecule is CC(=O)c1c(C2C[C@H]3CC[C@@H](C2)N3C(=O)c2n[nH]c(C)n2)nc2c(-c3ccc(-c4ncc[nH]4)nc3)cnn2c1N. The van der Waals surface area contributed by atoms with Gasteiger partial charge in [0.2, 0.25) is 5.82 Å². The van der Waals surface area contributed by atoms with E-state index in [1.807, 2.05) is 17.0 Å². The van der Waals surface area contributed by atoms with Gasteiger partial charge in [0.1, 0.15) is 17.3 Å². The van der Waals surface area contributed by atoms with Crippen molar-refractivity contribution >= 4 is 23.2 Å². The third kappa shape index (κ3) is 3.76. The molecule has 7 heterocycles. The first-order valence-corrected chi connectivity index (χ1v) is 13.2. The first-order chi connectivity index (χ1) is 19.4. The number of amides is 1. The summed E-state index contributed by atoms with van der Waals surface area (Å²) in [6, 6.07) is 3.84. The van der Waals surface area contributed by atoms with Gasteiger partial charge in [-0.05, 0) is 45.6 Å². The van der Waals surface area contributed by atoms with E-state index in [1.54, 1.807) is 31.7 Å². The van der Waals surface area contributed by atoms with Crippen molar-refractivity contribution in [3.63, 3.8) is 0 Å². The highest BCUT2D eigenvalue weighted by atomic mass is 16.2. The number of hydrogen-bond donors (Lipinski definition) is 3. The number of hydrogen-bond acceptors (Lipinski definition) is 9. The molecule has 5 aromatic rings. The van der Waals surface area contributed by atoms with Gasteiger partial charge in [-0.3, -0.25) is 19.7 Å². The van der Waals surface area contributed by atoms with Crippen LogP contribution in [-0.2, 0) is 0 Å². The topological polar surface area (TPSA) is 177 Å². The number of nitrogens with zero attached hydrogens (tertiary/aromatic N) is 8. The molecular weight excluding hydrogens is 510 g/mol. The average Bonchev–Trinajstić information content (AvgIpc) is 3.75. The molecule has 3 atom stereocenters. The molecule has 1 amide bonds. The molecule has 0 saturated carbocycles. The molecule has 7 rings (SSSR count). The summed E-state index contributed by atoms with van der Waals surface area (Å²) in [4.78, 5) is 49.2. The number of nitrogen functional groups attached to an aromatic ring is 1. The summed E-state index contributed by atoms with van der Waals surface area (Å²) in [5.41, 5.74) is 10.5. The highest BCUT2D eigenvalue weighted by Crippen LogP contribution is 2.45. The first kappa shape index (κ1) is 24.1. The second-order valence-corrected chi connectivity index (χ2v) is 10.5. The van der Waals surface area contributed by atoms with E-state index < -0.39 is 0 Å². The first-order valence-electron chi connectivity index (χ1n) is 13.2. The van der Waals surface area contributed by atoms with Gasteiger partial charge in [-0.25, -0.2) is 15.0 Å². The summed E-state index contributed by atoms with van der Waals surface area (Å²) >= 11 is 0. The molecule has 202 valence electrons. The fourth-order valence-electron chi connectivity index (χ4n) is 6.28. The van der Waals surface area contributed by atoms with Crippen LogP contribution in [0.5, 0.6) is 0 Å². The summed E-state index contributed by atoms with van der Waals surface area (Å²) in [7, 11) is 0. The highest BCUT2D eigenvalue weighted by molar-refractivity contribution is 6.00. The van der Waals surface area contributed by atoms with Crippen LogP contribution < -0.4 is 5.73 Å². The van der Waals surface area contributed by atoms with E-state index in [2.05, 4.69) is 35.2 Å². The summed E-state index contributed by atoms with van der Waals surface area (Å²) in [6.45, 7) is 3.28. The Bertz CT molecular complexity index is 1740. The largest absolute Gasteiger partial charge is 0.383 e. The monoisotopic (exact) mass is 537 g/mol. The number of aromatic nitrogens is 9. The Kier molecular flexibility index (Phi) is 5.47. The molecule has 2 fully saturated rings. The van der Waals surface area contributed by atoms with E-state index in [0.29, 0.717) is 47.1 Å². The van der Waals surface area contributed by atoms with Crippen LogP contribution in [0.1, 0.15) is 71.0 Å². The van der Waals surface area contributed by atoms with Crippen LogP contribution in [0.4, 0.5) is 5.82 Å². The van der Waals surface area contributed by atoms with Gasteiger partial charge in [0, 0.05) is 47.7 Å². The Hall–Kier alpha value is -4.94. The molecule has 2 aliphatic rings. The third-order valence-electron chi connectivity index (χ3n) is 8.02. The zero-order chi connectivity index (χ0) is 27.5. The molecule has 4 N–H and O–H groups in total. The number of anilines is 1. The number of carbonyl (C=O) groups excluding carboxylic acids is 2. The number of imidazole rings is 1. The minimum absolute atomic E-state index is 0.0110. The Morgan fingerprint density at radius 1 is 1.07 bits per heavy atom. The molecule has 2 aliphatic heterocycles. The predicted octanol–water partition coefficient (Wildman–Crippen LogP) is 2.94. The van der Waals surface area contributed by atoms with E-state index in [9.17, 15) is 9.59 Å². The lowest BCUT2D eigenvalue weighted by molar-refractivity contribution is 0.0556. The van der Waals surface area contributed by atoms with Gasteiger partial charge in [-0.1, -0.05) is 6.07 Å². The van der Waals surface area contributed by atoms with Crippen molar-refractivity contribution in [2.24, 2.45) is 0 Å². The number of rotatable bonds is 5. The third-order valence-corrected chi connectivity index (χ3v) is 8.02. The molecule has 40 heavy (non-hydrogen) atoms. The summed E-state index contributed by atoms with van der Waals surface area (Å²) in [6.07, 6.45) is 10.00. The normalized spacial score (nSPS) is 20.4. The Balaban J connectivity index is 1.25. The van der Waals surface area contributed by atoms with Crippen LogP contribution >= 0.6 is 0 Å². The minimum Gasteiger partial charge on any atom is -0.383 e. The molecular formula is C27H27N11O2. The number of H-pyrrole nitrogens is 2. The van der Waals surface area contributed by atoms with Crippen LogP contribution in [0.3, 0.4) is 0 Å². The standard InChI is InChI=1S/C27H27N11O2/c1-13(39)21-22(16-9-17-4-5-18(10-16)37(17)27(40)25-33-14(2)35-36-25)34-26-19(12-32-38(26)23(21)28)15-3-6-20(31-11-15)24-29-7-8-30-24/h3,6-8,11-12,16-18H,4-5,9-10,28H2,1-2H3,(H,29,30)(H,33,35,36)/t16?,17-,18+. The van der Waals surface area contributed by atoms with Crippen LogP contribution in [-0.4, -0.2) is 73.4 Å². The maximum Gasteiger partial charge on any atom is 0.294 e. The van der Waals surface area contributed by atoms with Crippen LogP contribution in [0, 0.1) is 6.92 Å². The molecule has 1 unspecified atom stereocenters. The molecule has 0 spiro atoms. The van der Waals surface area contributed by atoms with Gasteiger partial charge < -0.3 is 15.6 Å². The summed E-state index contributed by atoms with van der Waals surface area (Å²) < 4.78 is 1.52. The number of Topliss-reactive ketones (excluding diaryl/α,β-unsaturated/α-hetero) is 1. The minimum atomic E-state index is -0.162. The lowest BCUT2D eigenvalue weighted by atomic mass is 9.85. The van der Waals surface area contributed by atoms with Gasteiger partial charge in [-0.15, -0.1) is 5.10 Å². The van der Waals surface area contributed by atoms with Crippen molar-refractivity contribution in [1.29, 1.82) is 0 Å². The number of pyridine rings is 1. The maximum absolute atomic E-state index is 13.3. The lowest BCUT2D eigenvalue weighted by Crippen LogP contribution is -2.46. The van der Waals surface area contributed by atoms with Crippen LogP contribution in [0.25, 0.3) is 28.3 Å². The van der Waals surface area contributed by atoms with Gasteiger partial charge in [-0.2, -0.15) is 9.61 Å². The van der Waals surface area contributed by atoms with Crippen molar-refractivity contribution in [1.82, 2.24) is 49.6 Å². The molecule has 0 aliphatic carbocycles.